The molecule has 0 spiro atoms. The molecule has 34 heavy (non-hydrogen) atoms. The van der Waals surface area contributed by atoms with Crippen molar-refractivity contribution in [1.29, 1.82) is 0 Å². The molecule has 172 valence electrons. The summed E-state index contributed by atoms with van der Waals surface area (Å²) in [5.74, 6) is 0.159. The van der Waals surface area contributed by atoms with Crippen LogP contribution in [0.25, 0.3) is 16.9 Å². The van der Waals surface area contributed by atoms with E-state index < -0.39 is 0 Å². The maximum atomic E-state index is 13.3. The lowest BCUT2D eigenvalue weighted by Gasteiger charge is -2.41. The van der Waals surface area contributed by atoms with Gasteiger partial charge in [-0.25, -0.2) is 4.98 Å². The van der Waals surface area contributed by atoms with Crippen LogP contribution in [-0.4, -0.2) is 50.3 Å². The van der Waals surface area contributed by atoms with E-state index in [-0.39, 0.29) is 5.91 Å². The summed E-state index contributed by atoms with van der Waals surface area (Å²) in [4.78, 5) is 22.9. The minimum Gasteiger partial charge on any atom is -0.335 e. The van der Waals surface area contributed by atoms with Crippen molar-refractivity contribution in [3.8, 4) is 11.3 Å². The summed E-state index contributed by atoms with van der Waals surface area (Å²) in [6.45, 7) is 4.37. The molecule has 2 aliphatic rings. The summed E-state index contributed by atoms with van der Waals surface area (Å²) in [6, 6.07) is 22.7. The predicted molar refractivity (Wildman–Crippen MR) is 135 cm³/mol. The molecule has 2 fully saturated rings. The second-order valence-corrected chi connectivity index (χ2v) is 9.86. The third-order valence-electron chi connectivity index (χ3n) is 7.37. The maximum absolute atomic E-state index is 13.3. The lowest BCUT2D eigenvalue weighted by Crippen LogP contribution is -2.55. The standard InChI is InChI=1S/C28H27ClN4O/c1-19-6-2-3-7-24(19)28(34)31-16-22-13-14-23(17-31)33(22)18-25-27(20-9-11-21(29)12-10-20)30-26-8-4-5-15-32(25)26/h2-12,15,22-23H,13-14,16-18H2,1H3. The Morgan fingerprint density at radius 3 is 2.41 bits per heavy atom. The van der Waals surface area contributed by atoms with Gasteiger partial charge < -0.3 is 9.30 Å². The molecule has 0 N–H and O–H groups in total. The van der Waals surface area contributed by atoms with Crippen molar-refractivity contribution in [3.63, 3.8) is 0 Å². The maximum Gasteiger partial charge on any atom is 0.254 e. The zero-order chi connectivity index (χ0) is 23.2. The van der Waals surface area contributed by atoms with Crippen LogP contribution in [0, 0.1) is 6.92 Å². The molecule has 5 nitrogen and oxygen atoms in total. The Balaban J connectivity index is 1.30. The lowest BCUT2D eigenvalue weighted by molar-refractivity contribution is 0.0419. The number of likely N-dealkylation sites (tertiary alicyclic amines) is 1. The number of aromatic nitrogens is 2. The van der Waals surface area contributed by atoms with Crippen LogP contribution in [0.15, 0.2) is 72.9 Å². The van der Waals surface area contributed by atoms with Gasteiger partial charge in [-0.05, 0) is 55.7 Å². The first kappa shape index (κ1) is 21.4. The Bertz CT molecular complexity index is 1350. The van der Waals surface area contributed by atoms with Crippen LogP contribution in [0.4, 0.5) is 0 Å². The van der Waals surface area contributed by atoms with Crippen LogP contribution >= 0.6 is 11.6 Å². The van der Waals surface area contributed by atoms with Gasteiger partial charge in [-0.3, -0.25) is 9.69 Å². The highest BCUT2D eigenvalue weighted by Crippen LogP contribution is 2.35. The second-order valence-electron chi connectivity index (χ2n) is 9.43. The number of fused-ring (bicyclic) bond motifs is 3. The van der Waals surface area contributed by atoms with E-state index in [1.807, 2.05) is 61.5 Å². The van der Waals surface area contributed by atoms with Crippen molar-refractivity contribution < 1.29 is 4.79 Å². The number of amides is 1. The molecule has 1 amide bonds. The number of imidazole rings is 1. The van der Waals surface area contributed by atoms with Crippen molar-refractivity contribution in [2.75, 3.05) is 13.1 Å². The molecule has 0 saturated carbocycles. The number of aryl methyl sites for hydroxylation is 1. The van der Waals surface area contributed by atoms with Crippen LogP contribution in [0.3, 0.4) is 0 Å². The van der Waals surface area contributed by atoms with Gasteiger partial charge in [0.2, 0.25) is 0 Å². The molecule has 2 aromatic carbocycles. The molecular weight excluding hydrogens is 444 g/mol. The van der Waals surface area contributed by atoms with Gasteiger partial charge in [0.25, 0.3) is 5.91 Å². The minimum atomic E-state index is 0.159. The molecular formula is C28H27ClN4O. The lowest BCUT2D eigenvalue weighted by atomic mass is 10.1. The molecule has 4 heterocycles. The highest BCUT2D eigenvalue weighted by molar-refractivity contribution is 6.30. The van der Waals surface area contributed by atoms with Crippen molar-refractivity contribution in [1.82, 2.24) is 19.2 Å². The molecule has 0 aliphatic carbocycles. The number of carbonyl (C=O) groups excluding carboxylic acids is 1. The number of hydrogen-bond acceptors (Lipinski definition) is 3. The molecule has 2 bridgehead atoms. The fourth-order valence-electron chi connectivity index (χ4n) is 5.61. The van der Waals surface area contributed by atoms with E-state index >= 15 is 0 Å². The monoisotopic (exact) mass is 470 g/mol. The summed E-state index contributed by atoms with van der Waals surface area (Å²) in [7, 11) is 0. The third-order valence-corrected chi connectivity index (χ3v) is 7.63. The Hall–Kier alpha value is -3.15. The number of nitrogens with zero attached hydrogens (tertiary/aromatic N) is 4. The van der Waals surface area contributed by atoms with Gasteiger partial charge in [-0.15, -0.1) is 0 Å². The second kappa shape index (κ2) is 8.57. The average molecular weight is 471 g/mol. The number of halogens is 1. The van der Waals surface area contributed by atoms with Gasteiger partial charge in [-0.1, -0.05) is 48.0 Å². The van der Waals surface area contributed by atoms with E-state index in [9.17, 15) is 4.79 Å². The number of hydrogen-bond donors (Lipinski definition) is 0. The van der Waals surface area contributed by atoms with Gasteiger partial charge in [0.15, 0.2) is 0 Å². The Labute approximate surface area is 204 Å². The molecule has 0 radical (unpaired) electrons. The SMILES string of the molecule is Cc1ccccc1C(=O)N1CC2CCC(C1)N2Cc1c(-c2ccc(Cl)cc2)nc2ccccn12. The third kappa shape index (κ3) is 3.69. The molecule has 2 unspecified atom stereocenters. The first-order chi connectivity index (χ1) is 16.6. The first-order valence-corrected chi connectivity index (χ1v) is 12.3. The summed E-state index contributed by atoms with van der Waals surface area (Å²) >= 11 is 6.15. The summed E-state index contributed by atoms with van der Waals surface area (Å²) < 4.78 is 2.20. The van der Waals surface area contributed by atoms with Crippen LogP contribution < -0.4 is 0 Å². The van der Waals surface area contributed by atoms with Crippen LogP contribution in [-0.2, 0) is 6.54 Å². The summed E-state index contributed by atoms with van der Waals surface area (Å²) in [5.41, 5.74) is 6.07. The highest BCUT2D eigenvalue weighted by Gasteiger charge is 2.42. The van der Waals surface area contributed by atoms with Crippen molar-refractivity contribution in [2.45, 2.75) is 38.4 Å². The fourth-order valence-corrected chi connectivity index (χ4v) is 5.73. The normalized spacial score (nSPS) is 20.2. The van der Waals surface area contributed by atoms with E-state index in [0.29, 0.717) is 12.1 Å². The molecule has 6 heteroatoms. The van der Waals surface area contributed by atoms with Crippen molar-refractivity contribution in [3.05, 3.63) is 94.8 Å². The average Bonchev–Trinajstić information content (AvgIpc) is 3.32. The van der Waals surface area contributed by atoms with Gasteiger partial charge in [0, 0.05) is 54.1 Å². The Morgan fingerprint density at radius 1 is 0.971 bits per heavy atom. The number of carbonyl (C=O) groups is 1. The topological polar surface area (TPSA) is 40.9 Å². The first-order valence-electron chi connectivity index (χ1n) is 11.9. The molecule has 6 rings (SSSR count). The molecule has 2 aromatic heterocycles. The van der Waals surface area contributed by atoms with Crippen LogP contribution in [0.2, 0.25) is 5.02 Å². The van der Waals surface area contributed by atoms with E-state index in [2.05, 4.69) is 32.5 Å². The fraction of sp³-hybridized carbons (Fsp3) is 0.286. The largest absolute Gasteiger partial charge is 0.335 e. The number of pyridine rings is 1. The summed E-state index contributed by atoms with van der Waals surface area (Å²) in [6.07, 6.45) is 4.33. The minimum absolute atomic E-state index is 0.159. The quantitative estimate of drug-likeness (QED) is 0.398. The van der Waals surface area contributed by atoms with E-state index in [1.165, 1.54) is 5.69 Å². The van der Waals surface area contributed by atoms with Crippen molar-refractivity contribution in [2.24, 2.45) is 0 Å². The van der Waals surface area contributed by atoms with E-state index in [4.69, 9.17) is 16.6 Å². The number of benzene rings is 2. The van der Waals surface area contributed by atoms with E-state index in [1.54, 1.807) is 0 Å². The molecule has 2 aliphatic heterocycles. The number of rotatable bonds is 4. The van der Waals surface area contributed by atoms with E-state index in [0.717, 1.165) is 65.5 Å². The highest BCUT2D eigenvalue weighted by atomic mass is 35.5. The van der Waals surface area contributed by atoms with Gasteiger partial charge in [0.1, 0.15) is 5.65 Å². The zero-order valence-corrected chi connectivity index (χ0v) is 19.9. The zero-order valence-electron chi connectivity index (χ0n) is 19.2. The number of piperazine rings is 1. The molecule has 2 saturated heterocycles. The van der Waals surface area contributed by atoms with Gasteiger partial charge in [-0.2, -0.15) is 0 Å². The van der Waals surface area contributed by atoms with Crippen molar-refractivity contribution >= 4 is 23.2 Å². The smallest absolute Gasteiger partial charge is 0.254 e. The Morgan fingerprint density at radius 2 is 1.68 bits per heavy atom. The van der Waals surface area contributed by atoms with Gasteiger partial charge >= 0.3 is 0 Å². The predicted octanol–water partition coefficient (Wildman–Crippen LogP) is 5.45. The summed E-state index contributed by atoms with van der Waals surface area (Å²) in [5, 5.41) is 0.724. The van der Waals surface area contributed by atoms with Crippen LogP contribution in [0.1, 0.15) is 34.5 Å². The molecule has 2 atom stereocenters. The Kier molecular flexibility index (Phi) is 5.39. The van der Waals surface area contributed by atoms with Gasteiger partial charge in [0.05, 0.1) is 11.4 Å². The van der Waals surface area contributed by atoms with Crippen LogP contribution in [0.5, 0.6) is 0 Å². The molecule has 4 aromatic rings.